The molecule has 0 aliphatic rings. The quantitative estimate of drug-likeness (QED) is 0.827. The zero-order chi connectivity index (χ0) is 12.3. The SMILES string of the molecule is C[C@@H](Nc1nccc(C(F)(F)F)n1)C(=O)O. The van der Waals surface area contributed by atoms with Gasteiger partial charge in [-0.25, -0.2) is 9.97 Å². The Morgan fingerprint density at radius 2 is 2.19 bits per heavy atom. The summed E-state index contributed by atoms with van der Waals surface area (Å²) in [4.78, 5) is 17.1. The molecule has 0 amide bonds. The molecule has 1 rings (SSSR count). The number of alkyl halides is 3. The molecular formula is C8H8F3N3O2. The molecule has 0 aliphatic heterocycles. The van der Waals surface area contributed by atoms with Gasteiger partial charge in [-0.1, -0.05) is 0 Å². The van der Waals surface area contributed by atoms with E-state index in [1.807, 2.05) is 0 Å². The first-order valence-electron chi connectivity index (χ1n) is 4.20. The van der Waals surface area contributed by atoms with Gasteiger partial charge in [-0.2, -0.15) is 13.2 Å². The highest BCUT2D eigenvalue weighted by molar-refractivity contribution is 5.75. The number of hydrogen-bond donors (Lipinski definition) is 2. The van der Waals surface area contributed by atoms with Crippen molar-refractivity contribution >= 4 is 11.9 Å². The Morgan fingerprint density at radius 1 is 1.56 bits per heavy atom. The molecule has 2 N–H and O–H groups in total. The molecule has 0 aromatic carbocycles. The molecular weight excluding hydrogens is 227 g/mol. The van der Waals surface area contributed by atoms with Crippen molar-refractivity contribution in [2.75, 3.05) is 5.32 Å². The molecule has 0 aliphatic carbocycles. The number of rotatable bonds is 3. The fourth-order valence-electron chi connectivity index (χ4n) is 0.842. The van der Waals surface area contributed by atoms with Crippen LogP contribution < -0.4 is 5.32 Å². The first-order valence-corrected chi connectivity index (χ1v) is 4.20. The largest absolute Gasteiger partial charge is 0.480 e. The number of carbonyl (C=O) groups is 1. The van der Waals surface area contributed by atoms with Gasteiger partial charge in [0.05, 0.1) is 0 Å². The normalized spacial score (nSPS) is 13.2. The van der Waals surface area contributed by atoms with Gasteiger partial charge in [-0.15, -0.1) is 0 Å². The van der Waals surface area contributed by atoms with E-state index in [2.05, 4.69) is 15.3 Å². The Morgan fingerprint density at radius 3 is 2.69 bits per heavy atom. The number of hydrogen-bond acceptors (Lipinski definition) is 4. The molecule has 1 heterocycles. The van der Waals surface area contributed by atoms with Crippen LogP contribution in [0.25, 0.3) is 0 Å². The Kier molecular flexibility index (Phi) is 3.31. The third kappa shape index (κ3) is 3.07. The molecule has 0 fully saturated rings. The predicted molar refractivity (Wildman–Crippen MR) is 47.8 cm³/mol. The van der Waals surface area contributed by atoms with Gasteiger partial charge in [0.15, 0.2) is 0 Å². The highest BCUT2D eigenvalue weighted by Gasteiger charge is 2.32. The van der Waals surface area contributed by atoms with Crippen molar-refractivity contribution in [3.63, 3.8) is 0 Å². The van der Waals surface area contributed by atoms with E-state index in [1.54, 1.807) is 0 Å². The summed E-state index contributed by atoms with van der Waals surface area (Å²) >= 11 is 0. The lowest BCUT2D eigenvalue weighted by Crippen LogP contribution is -2.27. The Bertz CT molecular complexity index is 394. The number of aromatic nitrogens is 2. The summed E-state index contributed by atoms with van der Waals surface area (Å²) in [7, 11) is 0. The molecule has 8 heteroatoms. The summed E-state index contributed by atoms with van der Waals surface area (Å²) in [5, 5.41) is 10.8. The van der Waals surface area contributed by atoms with Gasteiger partial charge >= 0.3 is 12.1 Å². The van der Waals surface area contributed by atoms with E-state index < -0.39 is 23.9 Å². The summed E-state index contributed by atoms with van der Waals surface area (Å²) in [5.41, 5.74) is -1.12. The highest BCUT2D eigenvalue weighted by Crippen LogP contribution is 2.27. The molecule has 1 aromatic rings. The monoisotopic (exact) mass is 235 g/mol. The van der Waals surface area contributed by atoms with Crippen LogP contribution >= 0.6 is 0 Å². The van der Waals surface area contributed by atoms with Crippen molar-refractivity contribution in [3.8, 4) is 0 Å². The second-order valence-corrected chi connectivity index (χ2v) is 2.97. The van der Waals surface area contributed by atoms with E-state index >= 15 is 0 Å². The lowest BCUT2D eigenvalue weighted by molar-refractivity contribution is -0.141. The Balaban J connectivity index is 2.87. The second kappa shape index (κ2) is 4.33. The van der Waals surface area contributed by atoms with Gasteiger partial charge in [0.1, 0.15) is 11.7 Å². The average molecular weight is 235 g/mol. The number of aliphatic carboxylic acids is 1. The lowest BCUT2D eigenvalue weighted by Gasteiger charge is -2.10. The maximum atomic E-state index is 12.2. The van der Waals surface area contributed by atoms with Crippen molar-refractivity contribution in [1.29, 1.82) is 0 Å². The minimum absolute atomic E-state index is 0.371. The summed E-state index contributed by atoms with van der Waals surface area (Å²) in [6.07, 6.45) is -3.67. The van der Waals surface area contributed by atoms with Gasteiger partial charge in [0, 0.05) is 6.20 Å². The molecule has 0 unspecified atom stereocenters. The molecule has 5 nitrogen and oxygen atoms in total. The highest BCUT2D eigenvalue weighted by atomic mass is 19.4. The van der Waals surface area contributed by atoms with Crippen LogP contribution in [0.5, 0.6) is 0 Å². The van der Waals surface area contributed by atoms with E-state index in [9.17, 15) is 18.0 Å². The van der Waals surface area contributed by atoms with Gasteiger partial charge in [0.25, 0.3) is 0 Å². The first-order chi connectivity index (χ1) is 7.30. The first kappa shape index (κ1) is 12.2. The Hall–Kier alpha value is -1.86. The second-order valence-electron chi connectivity index (χ2n) is 2.97. The number of halogens is 3. The molecule has 88 valence electrons. The topological polar surface area (TPSA) is 75.1 Å². The summed E-state index contributed by atoms with van der Waals surface area (Å²) in [6.45, 7) is 1.27. The van der Waals surface area contributed by atoms with Crippen LogP contribution in [0.4, 0.5) is 19.1 Å². The summed E-state index contributed by atoms with van der Waals surface area (Å²) in [6, 6.07) is -0.361. The van der Waals surface area contributed by atoms with Crippen LogP contribution in [0.15, 0.2) is 12.3 Å². The van der Waals surface area contributed by atoms with E-state index in [0.29, 0.717) is 6.07 Å². The number of carboxylic acids is 1. The number of carboxylic acid groups (broad SMARTS) is 1. The fraction of sp³-hybridized carbons (Fsp3) is 0.375. The Labute approximate surface area is 88.3 Å². The molecule has 1 atom stereocenters. The van der Waals surface area contributed by atoms with Gasteiger partial charge in [0.2, 0.25) is 5.95 Å². The number of nitrogens with one attached hydrogen (secondary N) is 1. The lowest BCUT2D eigenvalue weighted by atomic mass is 10.3. The van der Waals surface area contributed by atoms with Crippen LogP contribution in [-0.4, -0.2) is 27.1 Å². The summed E-state index contributed by atoms with van der Waals surface area (Å²) < 4.78 is 36.7. The van der Waals surface area contributed by atoms with Crippen LogP contribution in [0.3, 0.4) is 0 Å². The molecule has 0 radical (unpaired) electrons. The zero-order valence-corrected chi connectivity index (χ0v) is 8.12. The summed E-state index contributed by atoms with van der Waals surface area (Å²) in [5.74, 6) is -1.58. The fourth-order valence-corrected chi connectivity index (χ4v) is 0.842. The minimum Gasteiger partial charge on any atom is -0.480 e. The predicted octanol–water partition coefficient (Wildman–Crippen LogP) is 1.38. The van der Waals surface area contributed by atoms with Crippen molar-refractivity contribution < 1.29 is 23.1 Å². The number of anilines is 1. The molecule has 1 aromatic heterocycles. The van der Waals surface area contributed by atoms with Crippen LogP contribution in [0.2, 0.25) is 0 Å². The van der Waals surface area contributed by atoms with Gasteiger partial charge in [-0.3, -0.25) is 4.79 Å². The maximum Gasteiger partial charge on any atom is 0.433 e. The van der Waals surface area contributed by atoms with Crippen molar-refractivity contribution in [2.24, 2.45) is 0 Å². The van der Waals surface area contributed by atoms with Crippen molar-refractivity contribution in [3.05, 3.63) is 18.0 Å². The van der Waals surface area contributed by atoms with E-state index in [4.69, 9.17) is 5.11 Å². The van der Waals surface area contributed by atoms with E-state index in [0.717, 1.165) is 6.20 Å². The minimum atomic E-state index is -4.58. The molecule has 0 spiro atoms. The van der Waals surface area contributed by atoms with Gasteiger partial charge < -0.3 is 10.4 Å². The molecule has 0 saturated carbocycles. The number of nitrogens with zero attached hydrogens (tertiary/aromatic N) is 2. The maximum absolute atomic E-state index is 12.2. The van der Waals surface area contributed by atoms with Gasteiger partial charge in [-0.05, 0) is 13.0 Å². The van der Waals surface area contributed by atoms with Crippen molar-refractivity contribution in [2.45, 2.75) is 19.1 Å². The molecule has 0 saturated heterocycles. The molecule has 16 heavy (non-hydrogen) atoms. The van der Waals surface area contributed by atoms with E-state index in [1.165, 1.54) is 6.92 Å². The van der Waals surface area contributed by atoms with Crippen LogP contribution in [0.1, 0.15) is 12.6 Å². The smallest absolute Gasteiger partial charge is 0.433 e. The van der Waals surface area contributed by atoms with Crippen LogP contribution in [-0.2, 0) is 11.0 Å². The third-order valence-electron chi connectivity index (χ3n) is 1.66. The molecule has 0 bridgehead atoms. The average Bonchev–Trinajstić information content (AvgIpc) is 2.16. The standard InChI is InChI=1S/C8H8F3N3O2/c1-4(6(15)16)13-7-12-3-2-5(14-7)8(9,10)11/h2-4H,1H3,(H,15,16)(H,12,13,14)/t4-/m1/s1. The third-order valence-corrected chi connectivity index (χ3v) is 1.66. The zero-order valence-electron chi connectivity index (χ0n) is 8.12. The van der Waals surface area contributed by atoms with Crippen LogP contribution in [0, 0.1) is 0 Å². The van der Waals surface area contributed by atoms with Crippen molar-refractivity contribution in [1.82, 2.24) is 9.97 Å². The van der Waals surface area contributed by atoms with E-state index in [-0.39, 0.29) is 5.95 Å².